The van der Waals surface area contributed by atoms with Crippen LogP contribution in [-0.2, 0) is 6.54 Å². The van der Waals surface area contributed by atoms with Crippen LogP contribution in [0.3, 0.4) is 0 Å². The van der Waals surface area contributed by atoms with Crippen LogP contribution >= 0.6 is 11.8 Å². The van der Waals surface area contributed by atoms with Crippen molar-refractivity contribution in [1.29, 1.82) is 0 Å². The average Bonchev–Trinajstić information content (AvgIpc) is 3.30. The summed E-state index contributed by atoms with van der Waals surface area (Å²) in [4.78, 5) is 12.6. The first-order chi connectivity index (χ1) is 13.6. The Kier molecular flexibility index (Phi) is 5.13. The summed E-state index contributed by atoms with van der Waals surface area (Å²) >= 11 is 1.23. The molecule has 146 valence electrons. The van der Waals surface area contributed by atoms with Gasteiger partial charge in [-0.25, -0.2) is 0 Å². The molecule has 8 heteroatoms. The Bertz CT molecular complexity index is 1010. The molecule has 3 heterocycles. The molecule has 0 N–H and O–H groups in total. The lowest BCUT2D eigenvalue weighted by atomic mass is 10.2. The molecule has 0 amide bonds. The highest BCUT2D eigenvalue weighted by molar-refractivity contribution is 7.99. The number of Topliss-reactive ketones (excluding diaryl/α,β-unsaturated/α-hetero) is 1. The van der Waals surface area contributed by atoms with Gasteiger partial charge in [-0.2, -0.15) is 0 Å². The normalized spacial score (nSPS) is 15.6. The average molecular weight is 399 g/mol. The topological polar surface area (TPSA) is 79.4 Å². The molecule has 0 fully saturated rings. The zero-order valence-corrected chi connectivity index (χ0v) is 16.8. The number of carbonyl (C=O) groups excluding carboxylic acids is 1. The van der Waals surface area contributed by atoms with E-state index in [4.69, 9.17) is 13.9 Å². The predicted octanol–water partition coefficient (Wildman–Crippen LogP) is 4.00. The Labute approximate surface area is 167 Å². The van der Waals surface area contributed by atoms with Crippen molar-refractivity contribution in [2.24, 2.45) is 0 Å². The highest BCUT2D eigenvalue weighted by atomic mass is 32.2. The minimum atomic E-state index is -0.462. The van der Waals surface area contributed by atoms with Gasteiger partial charge in [-0.15, -0.1) is 10.2 Å². The van der Waals surface area contributed by atoms with E-state index in [2.05, 4.69) is 21.7 Å². The molecule has 7 nitrogen and oxygen atoms in total. The number of benzene rings is 1. The van der Waals surface area contributed by atoms with Crippen LogP contribution in [-0.4, -0.2) is 32.9 Å². The predicted molar refractivity (Wildman–Crippen MR) is 104 cm³/mol. The van der Waals surface area contributed by atoms with Gasteiger partial charge in [-0.05, 0) is 39.0 Å². The standard InChI is InChI=1S/C20H21N3O4S/c1-4-23-12(2)9-14(13(23)3)15(24)11-28-20-22-21-19(27-20)18-10-25-16-7-5-6-8-17(16)26-18/h5-9,18H,4,10-11H2,1-3H3/t18-/m1/s1. The van der Waals surface area contributed by atoms with Gasteiger partial charge in [0.05, 0.1) is 5.75 Å². The van der Waals surface area contributed by atoms with Gasteiger partial charge in [0.25, 0.3) is 11.1 Å². The lowest BCUT2D eigenvalue weighted by molar-refractivity contribution is 0.0686. The maximum Gasteiger partial charge on any atom is 0.277 e. The summed E-state index contributed by atoms with van der Waals surface area (Å²) in [7, 11) is 0. The van der Waals surface area contributed by atoms with Crippen molar-refractivity contribution >= 4 is 17.5 Å². The molecular weight excluding hydrogens is 378 g/mol. The van der Waals surface area contributed by atoms with E-state index in [1.807, 2.05) is 44.2 Å². The zero-order valence-electron chi connectivity index (χ0n) is 16.0. The number of ketones is 1. The van der Waals surface area contributed by atoms with Crippen molar-refractivity contribution in [1.82, 2.24) is 14.8 Å². The SMILES string of the molecule is CCn1c(C)cc(C(=O)CSc2nnc([C@H]3COc4ccccc4O3)o2)c1C. The second-order valence-corrected chi connectivity index (χ2v) is 7.44. The fourth-order valence-electron chi connectivity index (χ4n) is 3.33. The molecule has 1 aliphatic heterocycles. The van der Waals surface area contributed by atoms with E-state index in [-0.39, 0.29) is 11.5 Å². The van der Waals surface area contributed by atoms with Crippen molar-refractivity contribution in [3.05, 3.63) is 53.2 Å². The van der Waals surface area contributed by atoms with Crippen LogP contribution in [0.15, 0.2) is 40.0 Å². The van der Waals surface area contributed by atoms with Crippen molar-refractivity contribution in [3.63, 3.8) is 0 Å². The van der Waals surface area contributed by atoms with E-state index in [9.17, 15) is 4.79 Å². The van der Waals surface area contributed by atoms with Crippen LogP contribution in [0.1, 0.15) is 40.7 Å². The first-order valence-corrected chi connectivity index (χ1v) is 10.1. The maximum atomic E-state index is 12.6. The largest absolute Gasteiger partial charge is 0.485 e. The Morgan fingerprint density at radius 3 is 2.79 bits per heavy atom. The number of carbonyl (C=O) groups is 1. The summed E-state index contributed by atoms with van der Waals surface area (Å²) in [6, 6.07) is 9.38. The van der Waals surface area contributed by atoms with E-state index in [0.29, 0.717) is 29.2 Å². The Morgan fingerprint density at radius 1 is 1.25 bits per heavy atom. The molecule has 28 heavy (non-hydrogen) atoms. The Morgan fingerprint density at radius 2 is 2.04 bits per heavy atom. The molecule has 0 aliphatic carbocycles. The molecule has 0 bridgehead atoms. The van der Waals surface area contributed by atoms with Crippen LogP contribution in [0.2, 0.25) is 0 Å². The summed E-state index contributed by atoms with van der Waals surface area (Å²) in [6.07, 6.45) is -0.462. The van der Waals surface area contributed by atoms with Crippen LogP contribution in [0, 0.1) is 13.8 Å². The summed E-state index contributed by atoms with van der Waals surface area (Å²) < 4.78 is 19.4. The quantitative estimate of drug-likeness (QED) is 0.458. The summed E-state index contributed by atoms with van der Waals surface area (Å²) in [5.41, 5.74) is 2.82. The third-order valence-corrected chi connectivity index (χ3v) is 5.54. The number of hydrogen-bond acceptors (Lipinski definition) is 7. The second-order valence-electron chi connectivity index (χ2n) is 6.51. The van der Waals surface area contributed by atoms with Gasteiger partial charge in [0, 0.05) is 23.5 Å². The van der Waals surface area contributed by atoms with E-state index < -0.39 is 6.10 Å². The number of rotatable bonds is 6. The molecule has 0 radical (unpaired) electrons. The number of hydrogen-bond donors (Lipinski definition) is 0. The van der Waals surface area contributed by atoms with Crippen LogP contribution in [0.4, 0.5) is 0 Å². The van der Waals surface area contributed by atoms with Gasteiger partial charge >= 0.3 is 0 Å². The molecule has 2 aromatic heterocycles. The van der Waals surface area contributed by atoms with Gasteiger partial charge in [-0.1, -0.05) is 23.9 Å². The molecule has 1 aliphatic rings. The van der Waals surface area contributed by atoms with Gasteiger partial charge in [0.2, 0.25) is 6.10 Å². The molecule has 3 aromatic rings. The molecule has 4 rings (SSSR count). The molecular formula is C20H21N3O4S. The molecule has 1 aromatic carbocycles. The number of thioether (sulfide) groups is 1. The third kappa shape index (κ3) is 3.52. The minimum absolute atomic E-state index is 0.0451. The van der Waals surface area contributed by atoms with Crippen LogP contribution in [0.25, 0.3) is 0 Å². The van der Waals surface area contributed by atoms with E-state index in [1.165, 1.54) is 11.8 Å². The summed E-state index contributed by atoms with van der Waals surface area (Å²) in [5, 5.41) is 8.42. The van der Waals surface area contributed by atoms with Gasteiger partial charge in [0.15, 0.2) is 17.3 Å². The Balaban J connectivity index is 1.40. The molecule has 0 unspecified atom stereocenters. The lowest BCUT2D eigenvalue weighted by Crippen LogP contribution is -2.21. The molecule has 0 saturated heterocycles. The summed E-state index contributed by atoms with van der Waals surface area (Å²) in [6.45, 7) is 7.19. The minimum Gasteiger partial charge on any atom is -0.485 e. The molecule has 0 spiro atoms. The van der Waals surface area contributed by atoms with E-state index >= 15 is 0 Å². The van der Waals surface area contributed by atoms with E-state index in [1.54, 1.807) is 0 Å². The zero-order chi connectivity index (χ0) is 19.7. The fourth-order valence-corrected chi connectivity index (χ4v) is 3.98. The number of aryl methyl sites for hydroxylation is 1. The fraction of sp³-hybridized carbons (Fsp3) is 0.350. The number of para-hydroxylation sites is 2. The maximum absolute atomic E-state index is 12.6. The van der Waals surface area contributed by atoms with Crippen LogP contribution < -0.4 is 9.47 Å². The van der Waals surface area contributed by atoms with Crippen molar-refractivity contribution < 1.29 is 18.7 Å². The van der Waals surface area contributed by atoms with Crippen LogP contribution in [0.5, 0.6) is 11.5 Å². The first kappa shape index (κ1) is 18.6. The number of nitrogens with zero attached hydrogens (tertiary/aromatic N) is 3. The van der Waals surface area contributed by atoms with Crippen molar-refractivity contribution in [2.75, 3.05) is 12.4 Å². The molecule has 1 atom stereocenters. The summed E-state index contributed by atoms with van der Waals surface area (Å²) in [5.74, 6) is 1.97. The number of aromatic nitrogens is 3. The third-order valence-electron chi connectivity index (χ3n) is 4.72. The van der Waals surface area contributed by atoms with E-state index in [0.717, 1.165) is 23.5 Å². The van der Waals surface area contributed by atoms with Gasteiger partial charge in [-0.3, -0.25) is 4.79 Å². The first-order valence-electron chi connectivity index (χ1n) is 9.11. The monoisotopic (exact) mass is 399 g/mol. The smallest absolute Gasteiger partial charge is 0.277 e. The van der Waals surface area contributed by atoms with Gasteiger partial charge < -0.3 is 18.5 Å². The van der Waals surface area contributed by atoms with Gasteiger partial charge in [0.1, 0.15) is 6.61 Å². The molecule has 0 saturated carbocycles. The van der Waals surface area contributed by atoms with Crippen molar-refractivity contribution in [3.8, 4) is 11.5 Å². The highest BCUT2D eigenvalue weighted by Gasteiger charge is 2.27. The second kappa shape index (κ2) is 7.71. The lowest BCUT2D eigenvalue weighted by Gasteiger charge is -2.23. The Hall–Kier alpha value is -2.74. The van der Waals surface area contributed by atoms with Crippen molar-refractivity contribution in [2.45, 2.75) is 38.6 Å². The highest BCUT2D eigenvalue weighted by Crippen LogP contribution is 2.36. The number of ether oxygens (including phenoxy) is 2. The number of fused-ring (bicyclic) bond motifs is 1.